The van der Waals surface area contributed by atoms with Crippen LogP contribution >= 0.6 is 0 Å². The van der Waals surface area contributed by atoms with Crippen molar-refractivity contribution < 1.29 is 22.2 Å². The Morgan fingerprint density at radius 1 is 1.50 bits per heavy atom. The number of benzene rings is 1. The Bertz CT molecular complexity index is 616. The molecule has 0 saturated heterocycles. The number of rotatable bonds is 3. The van der Waals surface area contributed by atoms with Crippen LogP contribution in [0.15, 0.2) is 22.7 Å². The highest BCUT2D eigenvalue weighted by Gasteiger charge is 2.15. The van der Waals surface area contributed by atoms with Gasteiger partial charge in [0.15, 0.2) is 5.58 Å². The summed E-state index contributed by atoms with van der Waals surface area (Å²) < 4.78 is 40.1. The second-order valence-corrected chi connectivity index (χ2v) is 4.67. The summed E-state index contributed by atoms with van der Waals surface area (Å²) in [6, 6.07) is 4.89. The van der Waals surface area contributed by atoms with Gasteiger partial charge in [-0.1, -0.05) is 5.16 Å². The lowest BCUT2D eigenvalue weighted by Crippen LogP contribution is -2.01. The topological polar surface area (TPSA) is 89.6 Å². The third-order valence-corrected chi connectivity index (χ3v) is 2.71. The van der Waals surface area contributed by atoms with Crippen LogP contribution in [-0.4, -0.2) is 25.2 Å². The number of methoxy groups -OCH3 is 1. The predicted molar refractivity (Wildman–Crippen MR) is 55.8 cm³/mol. The van der Waals surface area contributed by atoms with Gasteiger partial charge in [0.2, 0.25) is 0 Å². The summed E-state index contributed by atoms with van der Waals surface area (Å²) >= 11 is 0. The Balaban J connectivity index is 2.54. The second-order valence-electron chi connectivity index (χ2n) is 3.22. The third-order valence-electron chi connectivity index (χ3n) is 2.07. The quantitative estimate of drug-likeness (QED) is 0.815. The van der Waals surface area contributed by atoms with E-state index < -0.39 is 15.9 Å². The Hall–Kier alpha value is -1.60. The zero-order chi connectivity index (χ0) is 11.8. The van der Waals surface area contributed by atoms with Gasteiger partial charge in [0.1, 0.15) is 17.2 Å². The van der Waals surface area contributed by atoms with Gasteiger partial charge in [-0.15, -0.1) is 0 Å². The van der Waals surface area contributed by atoms with E-state index in [-0.39, 0.29) is 5.69 Å². The van der Waals surface area contributed by atoms with Crippen LogP contribution in [0, 0.1) is 0 Å². The minimum atomic E-state index is -4.12. The lowest BCUT2D eigenvalue weighted by Gasteiger charge is -1.98. The first-order valence-corrected chi connectivity index (χ1v) is 5.98. The summed E-state index contributed by atoms with van der Waals surface area (Å²) in [6.45, 7) is 0. The number of aromatic nitrogens is 1. The molecule has 2 aromatic rings. The molecule has 6 nitrogen and oxygen atoms in total. The van der Waals surface area contributed by atoms with Crippen LogP contribution in [0.2, 0.25) is 0 Å². The maximum absolute atomic E-state index is 10.7. The molecule has 1 N–H and O–H groups in total. The van der Waals surface area contributed by atoms with Gasteiger partial charge in [-0.25, -0.2) is 0 Å². The lowest BCUT2D eigenvalue weighted by atomic mass is 10.2. The van der Waals surface area contributed by atoms with Gasteiger partial charge in [0.25, 0.3) is 10.1 Å². The number of hydrogen-bond acceptors (Lipinski definition) is 5. The molecule has 1 heterocycles. The fourth-order valence-electron chi connectivity index (χ4n) is 1.37. The SMILES string of the molecule is COc1ccc2onc(CS(=O)(=O)O)c2c1. The van der Waals surface area contributed by atoms with Crippen LogP contribution in [0.4, 0.5) is 0 Å². The number of ether oxygens (including phenoxy) is 1. The lowest BCUT2D eigenvalue weighted by molar-refractivity contribution is 0.415. The highest BCUT2D eigenvalue weighted by Crippen LogP contribution is 2.24. The summed E-state index contributed by atoms with van der Waals surface area (Å²) in [4.78, 5) is 0. The summed E-state index contributed by atoms with van der Waals surface area (Å²) in [6.07, 6.45) is 0. The first-order chi connectivity index (χ1) is 7.49. The van der Waals surface area contributed by atoms with Crippen molar-refractivity contribution in [1.29, 1.82) is 0 Å². The van der Waals surface area contributed by atoms with Crippen LogP contribution < -0.4 is 4.74 Å². The maximum Gasteiger partial charge on any atom is 0.270 e. The number of nitrogens with zero attached hydrogens (tertiary/aromatic N) is 1. The van der Waals surface area contributed by atoms with Crippen LogP contribution in [0.5, 0.6) is 5.75 Å². The molecule has 0 spiro atoms. The van der Waals surface area contributed by atoms with Gasteiger partial charge < -0.3 is 9.26 Å². The fourth-order valence-corrected chi connectivity index (χ4v) is 1.93. The highest BCUT2D eigenvalue weighted by molar-refractivity contribution is 7.85. The molecule has 0 atom stereocenters. The van der Waals surface area contributed by atoms with Crippen LogP contribution in [-0.2, 0) is 15.9 Å². The van der Waals surface area contributed by atoms with E-state index in [4.69, 9.17) is 13.8 Å². The van der Waals surface area contributed by atoms with Crippen molar-refractivity contribution in [3.63, 3.8) is 0 Å². The van der Waals surface area contributed by atoms with Gasteiger partial charge in [-0.2, -0.15) is 8.42 Å². The molecule has 7 heteroatoms. The molecular formula is C9H9NO5S. The first kappa shape index (κ1) is 10.9. The molecule has 1 aromatic carbocycles. The van der Waals surface area contributed by atoms with E-state index in [2.05, 4.69) is 5.16 Å². The Morgan fingerprint density at radius 2 is 2.25 bits per heavy atom. The summed E-state index contributed by atoms with van der Waals surface area (Å²) in [5.41, 5.74) is 0.607. The smallest absolute Gasteiger partial charge is 0.270 e. The Labute approximate surface area is 91.6 Å². The molecule has 0 fully saturated rings. The van der Waals surface area contributed by atoms with E-state index in [1.54, 1.807) is 18.2 Å². The van der Waals surface area contributed by atoms with Crippen LogP contribution in [0.25, 0.3) is 11.0 Å². The van der Waals surface area contributed by atoms with Crippen molar-refractivity contribution in [2.75, 3.05) is 7.11 Å². The van der Waals surface area contributed by atoms with Crippen molar-refractivity contribution in [1.82, 2.24) is 5.16 Å². The van der Waals surface area contributed by atoms with E-state index >= 15 is 0 Å². The summed E-state index contributed by atoms with van der Waals surface area (Å²) in [7, 11) is -2.62. The largest absolute Gasteiger partial charge is 0.497 e. The third kappa shape index (κ3) is 2.15. The Morgan fingerprint density at radius 3 is 2.88 bits per heavy atom. The van der Waals surface area contributed by atoms with E-state index in [9.17, 15) is 8.42 Å². The second kappa shape index (κ2) is 3.76. The zero-order valence-corrected chi connectivity index (χ0v) is 9.19. The molecule has 0 unspecified atom stereocenters. The predicted octanol–water partition coefficient (Wildman–Crippen LogP) is 1.22. The molecule has 0 aliphatic rings. The van der Waals surface area contributed by atoms with E-state index in [1.807, 2.05) is 0 Å². The number of fused-ring (bicyclic) bond motifs is 1. The average Bonchev–Trinajstić information content (AvgIpc) is 2.58. The molecule has 0 bridgehead atoms. The molecule has 16 heavy (non-hydrogen) atoms. The van der Waals surface area contributed by atoms with Gasteiger partial charge in [0, 0.05) is 5.39 Å². The molecule has 0 aliphatic carbocycles. The normalized spacial score (nSPS) is 11.9. The minimum absolute atomic E-state index is 0.163. The monoisotopic (exact) mass is 243 g/mol. The summed E-state index contributed by atoms with van der Waals surface area (Å²) in [5.74, 6) is -0.0139. The van der Waals surface area contributed by atoms with Crippen molar-refractivity contribution in [3.05, 3.63) is 23.9 Å². The molecule has 0 radical (unpaired) electrons. The molecule has 86 valence electrons. The Kier molecular flexibility index (Phi) is 2.56. The molecule has 0 saturated carbocycles. The average molecular weight is 243 g/mol. The minimum Gasteiger partial charge on any atom is -0.497 e. The number of hydrogen-bond donors (Lipinski definition) is 1. The highest BCUT2D eigenvalue weighted by atomic mass is 32.2. The molecule has 2 rings (SSSR count). The standard InChI is InChI=1S/C9H9NO5S/c1-14-6-2-3-9-7(4-6)8(10-15-9)5-16(11,12)13/h2-4H,5H2,1H3,(H,11,12,13). The molecule has 1 aromatic heterocycles. The fraction of sp³-hybridized carbons (Fsp3) is 0.222. The molecule has 0 aliphatic heterocycles. The van der Waals surface area contributed by atoms with E-state index in [0.29, 0.717) is 16.7 Å². The van der Waals surface area contributed by atoms with Crippen molar-refractivity contribution in [3.8, 4) is 5.75 Å². The van der Waals surface area contributed by atoms with Gasteiger partial charge in [-0.05, 0) is 18.2 Å². The van der Waals surface area contributed by atoms with E-state index in [1.165, 1.54) is 7.11 Å². The maximum atomic E-state index is 10.7. The van der Waals surface area contributed by atoms with Crippen molar-refractivity contribution in [2.45, 2.75) is 5.75 Å². The first-order valence-electron chi connectivity index (χ1n) is 4.37. The molecule has 0 amide bonds. The van der Waals surface area contributed by atoms with Crippen molar-refractivity contribution in [2.24, 2.45) is 0 Å². The van der Waals surface area contributed by atoms with E-state index in [0.717, 1.165) is 0 Å². The van der Waals surface area contributed by atoms with Crippen LogP contribution in [0.1, 0.15) is 5.69 Å². The zero-order valence-electron chi connectivity index (χ0n) is 8.37. The van der Waals surface area contributed by atoms with Gasteiger partial charge in [0.05, 0.1) is 7.11 Å². The van der Waals surface area contributed by atoms with Gasteiger partial charge >= 0.3 is 0 Å². The molecular weight excluding hydrogens is 234 g/mol. The summed E-state index contributed by atoms with van der Waals surface area (Å²) in [5, 5.41) is 4.10. The van der Waals surface area contributed by atoms with Gasteiger partial charge in [-0.3, -0.25) is 4.55 Å². The van der Waals surface area contributed by atoms with Crippen LogP contribution in [0.3, 0.4) is 0 Å². The van der Waals surface area contributed by atoms with Crippen molar-refractivity contribution >= 4 is 21.1 Å².